The number of hydrogen-bond acceptors (Lipinski definition) is 5. The average Bonchev–Trinajstić information content (AvgIpc) is 3.42. The first kappa shape index (κ1) is 22.7. The first-order valence-corrected chi connectivity index (χ1v) is 11.0. The van der Waals surface area contributed by atoms with E-state index in [-0.39, 0.29) is 11.9 Å². The van der Waals surface area contributed by atoms with Gasteiger partial charge >= 0.3 is 5.97 Å². The van der Waals surface area contributed by atoms with E-state index in [0.717, 1.165) is 49.0 Å². The second-order valence-corrected chi connectivity index (χ2v) is 8.51. The predicted octanol–water partition coefficient (Wildman–Crippen LogP) is 4.97. The number of esters is 1. The molecule has 1 aliphatic carbocycles. The zero-order valence-corrected chi connectivity index (χ0v) is 18.1. The lowest BCUT2D eigenvalue weighted by Gasteiger charge is -2.20. The topological polar surface area (TPSA) is 71.5 Å². The van der Waals surface area contributed by atoms with Crippen molar-refractivity contribution in [1.29, 1.82) is 0 Å². The number of nitrogens with one attached hydrogen (secondary N) is 1. The van der Waals surface area contributed by atoms with E-state index in [9.17, 15) is 9.90 Å². The molecule has 1 aromatic heterocycles. The third-order valence-electron chi connectivity index (χ3n) is 5.92. The molecule has 0 radical (unpaired) electrons. The molecule has 28 heavy (non-hydrogen) atoms. The Morgan fingerprint density at radius 2 is 2.11 bits per heavy atom. The minimum atomic E-state index is -0.566. The predicted molar refractivity (Wildman–Crippen MR) is 114 cm³/mol. The second kappa shape index (κ2) is 10.8. The number of carbonyl (C=O) groups is 1. The lowest BCUT2D eigenvalue weighted by Crippen LogP contribution is -2.22. The lowest BCUT2D eigenvalue weighted by molar-refractivity contribution is -0.145. The molecule has 2 rings (SSSR count). The molecule has 0 amide bonds. The van der Waals surface area contributed by atoms with Gasteiger partial charge in [0.25, 0.3) is 0 Å². The summed E-state index contributed by atoms with van der Waals surface area (Å²) in [6.07, 6.45) is 9.20. The molecular weight excluding hydrogens is 352 g/mol. The summed E-state index contributed by atoms with van der Waals surface area (Å²) < 4.78 is 5.54. The number of ether oxygens (including phenoxy) is 1. The molecule has 0 aromatic carbocycles. The molecular formula is C23H38N2O3. The number of nitrogens with zero attached hydrogens (tertiary/aromatic N) is 1. The van der Waals surface area contributed by atoms with Crippen LogP contribution < -0.4 is 5.32 Å². The Labute approximate surface area is 170 Å². The fourth-order valence-electron chi connectivity index (χ4n) is 3.56. The van der Waals surface area contributed by atoms with Crippen molar-refractivity contribution in [3.8, 4) is 0 Å². The molecule has 1 aliphatic rings. The van der Waals surface area contributed by atoms with Crippen LogP contribution in [-0.2, 0) is 9.53 Å². The van der Waals surface area contributed by atoms with Crippen molar-refractivity contribution in [2.24, 2.45) is 5.92 Å². The Morgan fingerprint density at radius 1 is 1.36 bits per heavy atom. The number of hydrogen-bond donors (Lipinski definition) is 2. The van der Waals surface area contributed by atoms with Gasteiger partial charge < -0.3 is 15.2 Å². The summed E-state index contributed by atoms with van der Waals surface area (Å²) in [4.78, 5) is 16.7. The molecule has 0 bridgehead atoms. The Morgan fingerprint density at radius 3 is 2.75 bits per heavy atom. The maximum absolute atomic E-state index is 12.2. The summed E-state index contributed by atoms with van der Waals surface area (Å²) >= 11 is 0. The molecule has 5 heteroatoms. The Hall–Kier alpha value is -1.62. The van der Waals surface area contributed by atoms with Crippen molar-refractivity contribution in [3.05, 3.63) is 23.4 Å². The molecule has 1 aromatic rings. The fraction of sp³-hybridized carbons (Fsp3) is 0.739. The molecule has 1 saturated carbocycles. The highest BCUT2D eigenvalue weighted by Gasteiger charge is 2.40. The quantitative estimate of drug-likeness (QED) is 0.465. The first-order valence-electron chi connectivity index (χ1n) is 11.0. The molecule has 1 fully saturated rings. The number of unbranched alkanes of at least 4 members (excludes halogenated alkanes) is 1. The lowest BCUT2D eigenvalue weighted by atomic mass is 9.93. The van der Waals surface area contributed by atoms with Crippen LogP contribution in [0.5, 0.6) is 0 Å². The molecule has 2 unspecified atom stereocenters. The zero-order chi connectivity index (χ0) is 20.6. The molecule has 0 spiro atoms. The Balaban J connectivity index is 1.84. The van der Waals surface area contributed by atoms with Gasteiger partial charge in [-0.05, 0) is 56.1 Å². The van der Waals surface area contributed by atoms with Gasteiger partial charge in [-0.3, -0.25) is 4.79 Å². The van der Waals surface area contributed by atoms with E-state index in [2.05, 4.69) is 38.0 Å². The number of anilines is 1. The number of pyridine rings is 1. The third-order valence-corrected chi connectivity index (χ3v) is 5.92. The number of aromatic nitrogens is 1. The molecule has 0 aliphatic heterocycles. The zero-order valence-electron chi connectivity index (χ0n) is 18.1. The summed E-state index contributed by atoms with van der Waals surface area (Å²) in [7, 11) is 0. The highest BCUT2D eigenvalue weighted by molar-refractivity contribution is 5.69. The standard InChI is InChI=1S/C23H38N2O3/c1-5-7-8-19(6-2)15-28-20(26)10-9-17(3)21-18(4)11-14-24-22(21)25-16-23(27)12-13-23/h11,14,17,19,27H,5-10,12-13,15-16H2,1-4H3,(H,24,25). The maximum atomic E-state index is 12.2. The van der Waals surface area contributed by atoms with Crippen molar-refractivity contribution >= 4 is 11.8 Å². The van der Waals surface area contributed by atoms with Gasteiger partial charge in [0, 0.05) is 24.7 Å². The maximum Gasteiger partial charge on any atom is 0.305 e. The van der Waals surface area contributed by atoms with E-state index in [1.165, 1.54) is 12.8 Å². The molecule has 2 N–H and O–H groups in total. The second-order valence-electron chi connectivity index (χ2n) is 8.51. The van der Waals surface area contributed by atoms with Crippen LogP contribution in [0.3, 0.4) is 0 Å². The van der Waals surface area contributed by atoms with Crippen LogP contribution in [0.1, 0.15) is 89.2 Å². The van der Waals surface area contributed by atoms with Gasteiger partial charge in [-0.15, -0.1) is 0 Å². The average molecular weight is 391 g/mol. The summed E-state index contributed by atoms with van der Waals surface area (Å²) in [5, 5.41) is 13.4. The van der Waals surface area contributed by atoms with Gasteiger partial charge in [0.15, 0.2) is 0 Å². The van der Waals surface area contributed by atoms with Gasteiger partial charge in [0.2, 0.25) is 0 Å². The summed E-state index contributed by atoms with van der Waals surface area (Å²) in [5.74, 6) is 1.39. The SMILES string of the molecule is CCCCC(CC)COC(=O)CCC(C)c1c(C)ccnc1NCC1(O)CC1. The van der Waals surface area contributed by atoms with E-state index in [1.807, 2.05) is 6.07 Å². The number of carbonyl (C=O) groups excluding carboxylic acids is 1. The Kier molecular flexibility index (Phi) is 8.74. The Bertz CT molecular complexity index is 628. The molecule has 158 valence electrons. The minimum absolute atomic E-state index is 0.106. The largest absolute Gasteiger partial charge is 0.465 e. The van der Waals surface area contributed by atoms with Crippen molar-refractivity contribution in [3.63, 3.8) is 0 Å². The van der Waals surface area contributed by atoms with E-state index in [4.69, 9.17) is 4.74 Å². The van der Waals surface area contributed by atoms with E-state index >= 15 is 0 Å². The molecule has 1 heterocycles. The fourth-order valence-corrected chi connectivity index (χ4v) is 3.56. The van der Waals surface area contributed by atoms with Gasteiger partial charge in [0.1, 0.15) is 5.82 Å². The molecule has 2 atom stereocenters. The normalized spacial score (nSPS) is 17.0. The number of aliphatic hydroxyl groups is 1. The smallest absolute Gasteiger partial charge is 0.305 e. The van der Waals surface area contributed by atoms with Gasteiger partial charge in [0.05, 0.1) is 12.2 Å². The van der Waals surface area contributed by atoms with Crippen molar-refractivity contribution in [2.45, 2.75) is 90.6 Å². The van der Waals surface area contributed by atoms with Crippen LogP contribution in [-0.4, -0.2) is 34.8 Å². The van der Waals surface area contributed by atoms with Crippen LogP contribution >= 0.6 is 0 Å². The third kappa shape index (κ3) is 7.08. The van der Waals surface area contributed by atoms with Gasteiger partial charge in [-0.1, -0.05) is 40.0 Å². The summed E-state index contributed by atoms with van der Waals surface area (Å²) in [6, 6.07) is 2.00. The minimum Gasteiger partial charge on any atom is -0.465 e. The van der Waals surface area contributed by atoms with Crippen LogP contribution in [0.4, 0.5) is 5.82 Å². The highest BCUT2D eigenvalue weighted by Crippen LogP contribution is 2.36. The number of rotatable bonds is 13. The first-order chi connectivity index (χ1) is 13.4. The monoisotopic (exact) mass is 390 g/mol. The van der Waals surface area contributed by atoms with E-state index < -0.39 is 5.60 Å². The van der Waals surface area contributed by atoms with Crippen molar-refractivity contribution in [2.75, 3.05) is 18.5 Å². The van der Waals surface area contributed by atoms with Crippen LogP contribution in [0.2, 0.25) is 0 Å². The molecule has 0 saturated heterocycles. The van der Waals surface area contributed by atoms with Crippen LogP contribution in [0.15, 0.2) is 12.3 Å². The van der Waals surface area contributed by atoms with Gasteiger partial charge in [-0.2, -0.15) is 0 Å². The highest BCUT2D eigenvalue weighted by atomic mass is 16.5. The van der Waals surface area contributed by atoms with Crippen LogP contribution in [0.25, 0.3) is 0 Å². The van der Waals surface area contributed by atoms with Gasteiger partial charge in [-0.25, -0.2) is 4.98 Å². The summed E-state index contributed by atoms with van der Waals surface area (Å²) in [5.41, 5.74) is 1.73. The summed E-state index contributed by atoms with van der Waals surface area (Å²) in [6.45, 7) is 9.62. The van der Waals surface area contributed by atoms with E-state index in [0.29, 0.717) is 25.5 Å². The van der Waals surface area contributed by atoms with Crippen molar-refractivity contribution < 1.29 is 14.6 Å². The molecule has 5 nitrogen and oxygen atoms in total. The van der Waals surface area contributed by atoms with E-state index in [1.54, 1.807) is 6.20 Å². The number of aryl methyl sites for hydroxylation is 1. The van der Waals surface area contributed by atoms with Crippen LogP contribution in [0, 0.1) is 12.8 Å². The van der Waals surface area contributed by atoms with Crippen molar-refractivity contribution in [1.82, 2.24) is 4.98 Å².